The number of hydrogen-bond donors (Lipinski definition) is 4. The van der Waals surface area contributed by atoms with Crippen molar-refractivity contribution in [3.8, 4) is 0 Å². The van der Waals surface area contributed by atoms with Gasteiger partial charge in [0, 0.05) is 18.6 Å². The number of aliphatic hydroxyl groups excluding tert-OH is 1. The van der Waals surface area contributed by atoms with E-state index in [2.05, 4.69) is 5.32 Å². The number of carbonyl (C=O) groups is 5. The highest BCUT2D eigenvalue weighted by molar-refractivity contribution is 8.00. The molecule has 11 heteroatoms. The number of thioether (sulfide) groups is 1. The number of nitrogens with one attached hydrogen (secondary N) is 1. The monoisotopic (exact) mass is 372 g/mol. The second-order valence-electron chi connectivity index (χ2n) is 5.45. The predicted molar refractivity (Wildman–Crippen MR) is 83.3 cm³/mol. The molecule has 0 saturated carbocycles. The molecule has 1 unspecified atom stereocenters. The molecular formula is C14H16N2O8S. The Morgan fingerprint density at radius 2 is 1.88 bits per heavy atom. The third kappa shape index (κ3) is 3.82. The van der Waals surface area contributed by atoms with Gasteiger partial charge in [-0.1, -0.05) is 0 Å². The van der Waals surface area contributed by atoms with Crippen molar-refractivity contribution in [2.75, 3.05) is 12.4 Å². The van der Waals surface area contributed by atoms with Crippen molar-refractivity contribution >= 4 is 41.3 Å². The fraction of sp³-hybridized carbons (Fsp3) is 0.500. The zero-order chi connectivity index (χ0) is 18.7. The van der Waals surface area contributed by atoms with Crippen LogP contribution >= 0.6 is 11.8 Å². The molecule has 1 saturated heterocycles. The highest BCUT2D eigenvalue weighted by Crippen LogP contribution is 2.40. The smallest absolute Gasteiger partial charge is 0.372 e. The maximum Gasteiger partial charge on any atom is 0.372 e. The van der Waals surface area contributed by atoms with Gasteiger partial charge in [0.15, 0.2) is 0 Å². The van der Waals surface area contributed by atoms with E-state index in [-0.39, 0.29) is 36.3 Å². The number of ketones is 1. The molecule has 2 aliphatic rings. The van der Waals surface area contributed by atoms with Gasteiger partial charge in [-0.25, -0.2) is 9.59 Å². The first-order chi connectivity index (χ1) is 11.8. The van der Waals surface area contributed by atoms with Gasteiger partial charge < -0.3 is 20.6 Å². The van der Waals surface area contributed by atoms with Crippen LogP contribution in [0.3, 0.4) is 0 Å². The molecule has 2 aliphatic heterocycles. The SMILES string of the molecule is O=C(CCCC(=O)C(=O)O)NC1C(=O)N2C(C(=O)O)=C(CO)CS[C@@H]12. The summed E-state index contributed by atoms with van der Waals surface area (Å²) in [6.45, 7) is -0.472. The summed E-state index contributed by atoms with van der Waals surface area (Å²) in [5.74, 6) is -4.75. The lowest BCUT2D eigenvalue weighted by atomic mass is 10.0. The minimum Gasteiger partial charge on any atom is -0.477 e. The van der Waals surface area contributed by atoms with Gasteiger partial charge in [-0.2, -0.15) is 0 Å². The van der Waals surface area contributed by atoms with Crippen LogP contribution in [0.1, 0.15) is 19.3 Å². The van der Waals surface area contributed by atoms with E-state index in [4.69, 9.17) is 5.11 Å². The fourth-order valence-corrected chi connectivity index (χ4v) is 3.90. The van der Waals surface area contributed by atoms with Gasteiger partial charge in [-0.05, 0) is 12.0 Å². The standard InChI is InChI=1S/C14H16N2O8S/c17-4-6-5-25-12-9(11(20)16(12)10(6)14(23)24)15-8(19)3-1-2-7(18)13(21)22/h9,12,17H,1-5H2,(H,15,19)(H,21,22)(H,23,24)/t9?,12-/m0/s1. The van der Waals surface area contributed by atoms with Gasteiger partial charge in [0.2, 0.25) is 11.7 Å². The van der Waals surface area contributed by atoms with Crippen LogP contribution in [0, 0.1) is 0 Å². The number of carbonyl (C=O) groups excluding carboxylic acids is 3. The molecule has 0 radical (unpaired) electrons. The Kier molecular flexibility index (Phi) is 5.80. The number of carboxylic acid groups (broad SMARTS) is 2. The van der Waals surface area contributed by atoms with Gasteiger partial charge in [0.25, 0.3) is 5.91 Å². The lowest BCUT2D eigenvalue weighted by molar-refractivity contribution is -0.151. The quantitative estimate of drug-likeness (QED) is 0.295. The van der Waals surface area contributed by atoms with Crippen molar-refractivity contribution in [3.63, 3.8) is 0 Å². The second-order valence-corrected chi connectivity index (χ2v) is 6.56. The zero-order valence-corrected chi connectivity index (χ0v) is 13.7. The topological polar surface area (TPSA) is 161 Å². The summed E-state index contributed by atoms with van der Waals surface area (Å²) in [5.41, 5.74) is -0.0205. The van der Waals surface area contributed by atoms with Gasteiger partial charge in [-0.15, -0.1) is 11.8 Å². The number of carboxylic acids is 2. The largest absolute Gasteiger partial charge is 0.477 e. The number of rotatable bonds is 8. The van der Waals surface area contributed by atoms with Crippen LogP contribution in [0.15, 0.2) is 11.3 Å². The van der Waals surface area contributed by atoms with Crippen molar-refractivity contribution in [2.24, 2.45) is 0 Å². The fourth-order valence-electron chi connectivity index (χ4n) is 2.57. The van der Waals surface area contributed by atoms with E-state index in [1.807, 2.05) is 0 Å². The lowest BCUT2D eigenvalue weighted by Crippen LogP contribution is -2.70. The van der Waals surface area contributed by atoms with Crippen LogP contribution in [0.2, 0.25) is 0 Å². The molecule has 2 rings (SSSR count). The highest BCUT2D eigenvalue weighted by atomic mass is 32.2. The predicted octanol–water partition coefficient (Wildman–Crippen LogP) is -1.46. The van der Waals surface area contributed by atoms with Gasteiger partial charge >= 0.3 is 11.9 Å². The van der Waals surface area contributed by atoms with E-state index in [0.717, 1.165) is 4.90 Å². The van der Waals surface area contributed by atoms with E-state index >= 15 is 0 Å². The van der Waals surface area contributed by atoms with Crippen LogP contribution < -0.4 is 5.32 Å². The summed E-state index contributed by atoms with van der Waals surface area (Å²) in [7, 11) is 0. The number of fused-ring (bicyclic) bond motifs is 1. The van der Waals surface area contributed by atoms with E-state index in [0.29, 0.717) is 0 Å². The first-order valence-electron chi connectivity index (χ1n) is 7.34. The number of Topliss-reactive ketones (excluding diaryl/α,β-unsaturated/α-hetero) is 1. The summed E-state index contributed by atoms with van der Waals surface area (Å²) in [6, 6.07) is -0.887. The maximum absolute atomic E-state index is 12.2. The Balaban J connectivity index is 1.92. The van der Waals surface area contributed by atoms with Crippen LogP contribution in [0.5, 0.6) is 0 Å². The molecule has 2 atom stereocenters. The molecule has 25 heavy (non-hydrogen) atoms. The first kappa shape index (κ1) is 18.9. The molecule has 2 amide bonds. The molecule has 2 heterocycles. The maximum atomic E-state index is 12.2. The third-order valence-corrected chi connectivity index (χ3v) is 5.14. The van der Waals surface area contributed by atoms with E-state index in [9.17, 15) is 34.2 Å². The Morgan fingerprint density at radius 3 is 2.44 bits per heavy atom. The van der Waals surface area contributed by atoms with E-state index < -0.39 is 47.6 Å². The molecule has 1 fully saturated rings. The van der Waals surface area contributed by atoms with Crippen molar-refractivity contribution in [1.29, 1.82) is 0 Å². The van der Waals surface area contributed by atoms with Gasteiger partial charge in [-0.3, -0.25) is 19.3 Å². The number of amides is 2. The number of nitrogens with zero attached hydrogens (tertiary/aromatic N) is 1. The Bertz CT molecular complexity index is 674. The van der Waals surface area contributed by atoms with E-state index in [1.165, 1.54) is 11.8 Å². The molecule has 10 nitrogen and oxygen atoms in total. The molecule has 0 aromatic carbocycles. The molecule has 4 N–H and O–H groups in total. The summed E-state index contributed by atoms with van der Waals surface area (Å²) in [5, 5.41) is 28.8. The molecular weight excluding hydrogens is 356 g/mol. The number of hydrogen-bond acceptors (Lipinski definition) is 7. The average molecular weight is 372 g/mol. The minimum absolute atomic E-state index is 0.0361. The van der Waals surface area contributed by atoms with Crippen LogP contribution in [0.25, 0.3) is 0 Å². The normalized spacial score (nSPS) is 22.1. The third-order valence-electron chi connectivity index (χ3n) is 3.80. The molecule has 0 bridgehead atoms. The van der Waals surface area contributed by atoms with Gasteiger partial charge in [0.1, 0.15) is 17.1 Å². The van der Waals surface area contributed by atoms with Crippen molar-refractivity contribution < 1.29 is 39.3 Å². The number of β-lactam (4-membered cyclic amide) rings is 1. The molecule has 0 aliphatic carbocycles. The summed E-state index contributed by atoms with van der Waals surface area (Å²) in [4.78, 5) is 57.7. The number of aliphatic hydroxyl groups is 1. The Labute approximate surface area is 145 Å². The molecule has 136 valence electrons. The van der Waals surface area contributed by atoms with Crippen molar-refractivity contribution in [2.45, 2.75) is 30.7 Å². The Morgan fingerprint density at radius 1 is 1.20 bits per heavy atom. The van der Waals surface area contributed by atoms with Crippen LogP contribution in [0.4, 0.5) is 0 Å². The second kappa shape index (κ2) is 7.66. The summed E-state index contributed by atoms with van der Waals surface area (Å²) in [6.07, 6.45) is -0.366. The minimum atomic E-state index is -1.56. The average Bonchev–Trinajstić information content (AvgIpc) is 2.57. The first-order valence-corrected chi connectivity index (χ1v) is 8.39. The molecule has 0 spiro atoms. The van der Waals surface area contributed by atoms with Crippen LogP contribution in [-0.4, -0.2) is 73.5 Å². The van der Waals surface area contributed by atoms with Gasteiger partial charge in [0.05, 0.1) is 6.61 Å². The van der Waals surface area contributed by atoms with Crippen LogP contribution in [-0.2, 0) is 24.0 Å². The molecule has 0 aromatic heterocycles. The van der Waals surface area contributed by atoms with Crippen molar-refractivity contribution in [3.05, 3.63) is 11.3 Å². The summed E-state index contributed by atoms with van der Waals surface area (Å²) < 4.78 is 0. The highest BCUT2D eigenvalue weighted by Gasteiger charge is 2.53. The summed E-state index contributed by atoms with van der Waals surface area (Å²) >= 11 is 1.23. The van der Waals surface area contributed by atoms with E-state index in [1.54, 1.807) is 0 Å². The number of aliphatic carboxylic acids is 2. The lowest BCUT2D eigenvalue weighted by Gasteiger charge is -2.49. The Hall–Kier alpha value is -2.40. The zero-order valence-electron chi connectivity index (χ0n) is 12.9. The van der Waals surface area contributed by atoms with Crippen molar-refractivity contribution in [1.82, 2.24) is 10.2 Å². The molecule has 0 aromatic rings.